The average Bonchev–Trinajstić information content (AvgIpc) is 2.99. The molecule has 1 N–H and O–H groups in total. The zero-order chi connectivity index (χ0) is 18.5. The van der Waals surface area contributed by atoms with Gasteiger partial charge in [0.25, 0.3) is 5.92 Å². The van der Waals surface area contributed by atoms with Crippen LogP contribution < -0.4 is 5.32 Å². The summed E-state index contributed by atoms with van der Waals surface area (Å²) in [5.74, 6) is -2.85. The van der Waals surface area contributed by atoms with Gasteiger partial charge >= 0.3 is 0 Å². The first kappa shape index (κ1) is 20.2. The summed E-state index contributed by atoms with van der Waals surface area (Å²) >= 11 is 12.6. The van der Waals surface area contributed by atoms with E-state index in [-0.39, 0.29) is 24.0 Å². The van der Waals surface area contributed by atoms with E-state index in [2.05, 4.69) is 5.32 Å². The van der Waals surface area contributed by atoms with Gasteiger partial charge in [-0.25, -0.2) is 8.78 Å². The Morgan fingerprint density at radius 1 is 1.11 bits per heavy atom. The second kappa shape index (κ2) is 7.44. The van der Waals surface area contributed by atoms with Crippen molar-refractivity contribution in [1.82, 2.24) is 9.88 Å². The summed E-state index contributed by atoms with van der Waals surface area (Å²) in [7, 11) is 0. The Labute approximate surface area is 172 Å². The van der Waals surface area contributed by atoms with E-state index in [1.165, 1.54) is 12.1 Å². The predicted molar refractivity (Wildman–Crippen MR) is 108 cm³/mol. The van der Waals surface area contributed by atoms with Gasteiger partial charge in [-0.2, -0.15) is 0 Å². The van der Waals surface area contributed by atoms with Crippen LogP contribution in [0.15, 0.2) is 54.7 Å². The van der Waals surface area contributed by atoms with E-state index in [9.17, 15) is 8.78 Å². The minimum absolute atomic E-state index is 0. The third kappa shape index (κ3) is 3.72. The van der Waals surface area contributed by atoms with Crippen molar-refractivity contribution in [3.05, 3.63) is 87.2 Å². The van der Waals surface area contributed by atoms with Gasteiger partial charge in [-0.15, -0.1) is 12.4 Å². The summed E-state index contributed by atoms with van der Waals surface area (Å²) in [6.07, 6.45) is 1.95. The summed E-state index contributed by atoms with van der Waals surface area (Å²) in [4.78, 5) is 0. The molecule has 0 amide bonds. The van der Waals surface area contributed by atoms with Crippen molar-refractivity contribution in [3.8, 4) is 5.69 Å². The first-order valence-electron chi connectivity index (χ1n) is 8.22. The van der Waals surface area contributed by atoms with Crippen LogP contribution in [0, 0.1) is 0 Å². The zero-order valence-electron chi connectivity index (χ0n) is 14.3. The molecular weight excluding hydrogens is 413 g/mol. The summed E-state index contributed by atoms with van der Waals surface area (Å²) in [6, 6.07) is 13.9. The molecule has 3 aromatic rings. The van der Waals surface area contributed by atoms with Gasteiger partial charge in [-0.1, -0.05) is 47.5 Å². The lowest BCUT2D eigenvalue weighted by Gasteiger charge is -2.19. The standard InChI is InChI=1S/C20H16Cl2F2N2.ClH/c1-20(23,24)13-6-4-12(5-7-13)19-17-3-2-8-26(17)18-10-14(21)9-16(22)15(18)11-25-19;/h2-10,19,25H,11H2,1H3;1H. The van der Waals surface area contributed by atoms with Gasteiger partial charge in [0.05, 0.1) is 11.7 Å². The van der Waals surface area contributed by atoms with E-state index in [0.717, 1.165) is 29.4 Å². The Morgan fingerprint density at radius 2 is 1.81 bits per heavy atom. The monoisotopic (exact) mass is 428 g/mol. The SMILES string of the molecule is CC(F)(F)c1ccc(C2NCc3c(Cl)cc(Cl)cc3-n3cccc32)cc1.Cl. The molecule has 1 aromatic heterocycles. The number of nitrogens with zero attached hydrogens (tertiary/aromatic N) is 1. The average molecular weight is 430 g/mol. The Balaban J connectivity index is 0.00000210. The number of halogens is 5. The van der Waals surface area contributed by atoms with E-state index in [4.69, 9.17) is 23.2 Å². The topological polar surface area (TPSA) is 17.0 Å². The van der Waals surface area contributed by atoms with E-state index in [0.29, 0.717) is 16.6 Å². The lowest BCUT2D eigenvalue weighted by atomic mass is 10.0. The number of rotatable bonds is 2. The van der Waals surface area contributed by atoms with E-state index in [1.807, 2.05) is 29.0 Å². The molecule has 27 heavy (non-hydrogen) atoms. The Morgan fingerprint density at radius 3 is 2.48 bits per heavy atom. The van der Waals surface area contributed by atoms with Gasteiger partial charge in [0.2, 0.25) is 0 Å². The predicted octanol–water partition coefficient (Wildman–Crippen LogP) is 6.51. The maximum atomic E-state index is 13.5. The highest BCUT2D eigenvalue weighted by Crippen LogP contribution is 2.36. The highest BCUT2D eigenvalue weighted by Gasteiger charge is 2.27. The van der Waals surface area contributed by atoms with Crippen LogP contribution >= 0.6 is 35.6 Å². The molecule has 1 atom stereocenters. The van der Waals surface area contributed by atoms with Gasteiger partial charge in [-0.3, -0.25) is 0 Å². The number of fused-ring (bicyclic) bond motifs is 3. The molecule has 0 aliphatic carbocycles. The third-order valence-corrected chi connectivity index (χ3v) is 5.26. The van der Waals surface area contributed by atoms with E-state index < -0.39 is 5.92 Å². The van der Waals surface area contributed by atoms with Gasteiger partial charge in [0.15, 0.2) is 0 Å². The summed E-state index contributed by atoms with van der Waals surface area (Å²) < 4.78 is 29.0. The van der Waals surface area contributed by atoms with Crippen LogP contribution in [0.5, 0.6) is 0 Å². The molecule has 0 radical (unpaired) electrons. The second-order valence-electron chi connectivity index (χ2n) is 6.51. The molecule has 2 heterocycles. The molecule has 0 saturated heterocycles. The minimum Gasteiger partial charge on any atom is -0.319 e. The fraction of sp³-hybridized carbons (Fsp3) is 0.200. The maximum absolute atomic E-state index is 13.5. The molecule has 142 valence electrons. The first-order valence-corrected chi connectivity index (χ1v) is 8.97. The summed E-state index contributed by atoms with van der Waals surface area (Å²) in [5.41, 5.74) is 3.79. The zero-order valence-corrected chi connectivity index (χ0v) is 16.7. The Kier molecular flexibility index (Phi) is 5.55. The largest absolute Gasteiger partial charge is 0.319 e. The summed E-state index contributed by atoms with van der Waals surface area (Å²) in [6.45, 7) is 1.45. The van der Waals surface area contributed by atoms with E-state index in [1.54, 1.807) is 18.2 Å². The van der Waals surface area contributed by atoms with Crippen LogP contribution in [-0.4, -0.2) is 4.57 Å². The maximum Gasteiger partial charge on any atom is 0.270 e. The van der Waals surface area contributed by atoms with Crippen LogP contribution in [0.4, 0.5) is 8.78 Å². The number of aromatic nitrogens is 1. The van der Waals surface area contributed by atoms with Gasteiger partial charge < -0.3 is 9.88 Å². The first-order chi connectivity index (χ1) is 12.3. The smallest absolute Gasteiger partial charge is 0.270 e. The highest BCUT2D eigenvalue weighted by molar-refractivity contribution is 6.35. The lowest BCUT2D eigenvalue weighted by molar-refractivity contribution is 0.0174. The Bertz CT molecular complexity index is 962. The molecule has 0 spiro atoms. The molecule has 0 bridgehead atoms. The quantitative estimate of drug-likeness (QED) is 0.491. The lowest BCUT2D eigenvalue weighted by Crippen LogP contribution is -2.21. The van der Waals surface area contributed by atoms with Crippen LogP contribution in [0.3, 0.4) is 0 Å². The molecule has 2 nitrogen and oxygen atoms in total. The van der Waals surface area contributed by atoms with Gasteiger partial charge in [-0.05, 0) is 29.8 Å². The van der Waals surface area contributed by atoms with Gasteiger partial charge in [0, 0.05) is 46.5 Å². The fourth-order valence-electron chi connectivity index (χ4n) is 3.39. The van der Waals surface area contributed by atoms with Crippen molar-refractivity contribution in [1.29, 1.82) is 0 Å². The van der Waals surface area contributed by atoms with Crippen molar-refractivity contribution in [2.75, 3.05) is 0 Å². The normalized spacial score (nSPS) is 16.1. The molecule has 0 fully saturated rings. The van der Waals surface area contributed by atoms with Gasteiger partial charge in [0.1, 0.15) is 0 Å². The van der Waals surface area contributed by atoms with Crippen LogP contribution in [0.1, 0.15) is 35.3 Å². The number of benzene rings is 2. The van der Waals surface area contributed by atoms with E-state index >= 15 is 0 Å². The molecule has 1 aliphatic heterocycles. The molecule has 0 saturated carbocycles. The molecule has 1 aliphatic rings. The number of hydrogen-bond donors (Lipinski definition) is 1. The molecular formula is C20H17Cl3F2N2. The van der Waals surface area contributed by atoms with Crippen molar-refractivity contribution in [3.63, 3.8) is 0 Å². The van der Waals surface area contributed by atoms with Crippen molar-refractivity contribution in [2.24, 2.45) is 0 Å². The fourth-order valence-corrected chi connectivity index (χ4v) is 3.94. The molecule has 7 heteroatoms. The van der Waals surface area contributed by atoms with Crippen molar-refractivity contribution < 1.29 is 8.78 Å². The molecule has 2 aromatic carbocycles. The molecule has 4 rings (SSSR count). The number of hydrogen-bond acceptors (Lipinski definition) is 1. The summed E-state index contributed by atoms with van der Waals surface area (Å²) in [5, 5.41) is 4.65. The van der Waals surface area contributed by atoms with Crippen molar-refractivity contribution >= 4 is 35.6 Å². The molecule has 1 unspecified atom stereocenters. The van der Waals surface area contributed by atoms with Crippen molar-refractivity contribution in [2.45, 2.75) is 25.4 Å². The number of nitrogens with one attached hydrogen (secondary N) is 1. The second-order valence-corrected chi connectivity index (χ2v) is 7.36. The third-order valence-electron chi connectivity index (χ3n) is 4.71. The van der Waals surface area contributed by atoms with Crippen LogP contribution in [0.25, 0.3) is 5.69 Å². The Hall–Kier alpha value is -1.59. The van der Waals surface area contributed by atoms with Crippen LogP contribution in [0.2, 0.25) is 10.0 Å². The minimum atomic E-state index is -2.85. The van der Waals surface area contributed by atoms with Crippen LogP contribution in [-0.2, 0) is 12.5 Å². The highest BCUT2D eigenvalue weighted by atomic mass is 35.5. The number of alkyl halides is 2.